The number of amides is 4. The van der Waals surface area contributed by atoms with E-state index in [0.29, 0.717) is 6.54 Å². The van der Waals surface area contributed by atoms with Gasteiger partial charge >= 0.3 is 18.0 Å². The summed E-state index contributed by atoms with van der Waals surface area (Å²) in [6.07, 6.45) is 3.13. The lowest BCUT2D eigenvalue weighted by Gasteiger charge is -2.47. The predicted molar refractivity (Wildman–Crippen MR) is 121 cm³/mol. The zero-order valence-electron chi connectivity index (χ0n) is 19.5. The summed E-state index contributed by atoms with van der Waals surface area (Å²) in [6.45, 7) is 2.18. The highest BCUT2D eigenvalue weighted by molar-refractivity contribution is 6.01. The summed E-state index contributed by atoms with van der Waals surface area (Å²) in [5.74, 6) is -2.33. The van der Waals surface area contributed by atoms with Gasteiger partial charge in [0.15, 0.2) is 0 Å². The van der Waals surface area contributed by atoms with Crippen LogP contribution in [0, 0.1) is 0 Å². The third kappa shape index (κ3) is 5.46. The molecular formula is C23H30N4O7. The lowest BCUT2D eigenvalue weighted by molar-refractivity contribution is -0.135. The highest BCUT2D eigenvalue weighted by Gasteiger charge is 2.45. The Bertz CT molecular complexity index is 946. The molecule has 3 rings (SSSR count). The van der Waals surface area contributed by atoms with Gasteiger partial charge in [-0.3, -0.25) is 9.59 Å². The molecule has 11 nitrogen and oxygen atoms in total. The van der Waals surface area contributed by atoms with Crippen molar-refractivity contribution in [1.82, 2.24) is 15.5 Å². The number of hydrogen-bond acceptors (Lipinski definition) is 7. The quantitative estimate of drug-likeness (QED) is 0.529. The molecule has 3 N–H and O–H groups in total. The number of nitrogens with zero attached hydrogens (tertiary/aromatic N) is 1. The van der Waals surface area contributed by atoms with Crippen molar-refractivity contribution in [3.05, 3.63) is 29.3 Å². The van der Waals surface area contributed by atoms with Crippen molar-refractivity contribution in [1.29, 1.82) is 0 Å². The maximum Gasteiger partial charge on any atom is 0.337 e. The van der Waals surface area contributed by atoms with Gasteiger partial charge in [0.2, 0.25) is 11.8 Å². The summed E-state index contributed by atoms with van der Waals surface area (Å²) >= 11 is 0. The Morgan fingerprint density at radius 3 is 2.24 bits per heavy atom. The minimum Gasteiger partial charge on any atom is -0.465 e. The van der Waals surface area contributed by atoms with Crippen molar-refractivity contribution >= 4 is 35.5 Å². The van der Waals surface area contributed by atoms with Gasteiger partial charge in [0.05, 0.1) is 37.8 Å². The number of carbonyl (C=O) groups is 5. The molecule has 0 aromatic heterocycles. The molecule has 1 heterocycles. The second-order valence-electron chi connectivity index (χ2n) is 8.26. The van der Waals surface area contributed by atoms with Gasteiger partial charge in [-0.05, 0) is 38.0 Å². The van der Waals surface area contributed by atoms with E-state index in [1.165, 1.54) is 37.3 Å². The molecule has 2 fully saturated rings. The third-order valence-corrected chi connectivity index (χ3v) is 6.05. The van der Waals surface area contributed by atoms with E-state index in [1.54, 1.807) is 6.92 Å². The van der Waals surface area contributed by atoms with Crippen LogP contribution in [0.4, 0.5) is 10.5 Å². The lowest BCUT2D eigenvalue weighted by atomic mass is 9.85. The Kier molecular flexibility index (Phi) is 8.08. The number of fused-ring (bicyclic) bond motifs is 1. The number of benzene rings is 1. The molecule has 1 saturated heterocycles. The van der Waals surface area contributed by atoms with Crippen LogP contribution in [0.25, 0.3) is 0 Å². The van der Waals surface area contributed by atoms with Gasteiger partial charge in [-0.2, -0.15) is 0 Å². The minimum atomic E-state index is -0.991. The van der Waals surface area contributed by atoms with Crippen molar-refractivity contribution in [3.8, 4) is 0 Å². The Labute approximate surface area is 197 Å². The van der Waals surface area contributed by atoms with Gasteiger partial charge in [-0.1, -0.05) is 12.8 Å². The highest BCUT2D eigenvalue weighted by Crippen LogP contribution is 2.30. The summed E-state index contributed by atoms with van der Waals surface area (Å²) in [5, 5.41) is 8.33. The van der Waals surface area contributed by atoms with Gasteiger partial charge in [-0.15, -0.1) is 0 Å². The SMILES string of the molecule is CCNC(=O)N1[C@H](CC(=O)Nc2cc(C(=O)OC)cc(C(=O)OC)c2)C(=O)N[C@@H]2CCCC[C@H]21. The maximum absolute atomic E-state index is 12.9. The summed E-state index contributed by atoms with van der Waals surface area (Å²) in [4.78, 5) is 64.2. The van der Waals surface area contributed by atoms with E-state index in [4.69, 9.17) is 9.47 Å². The molecule has 1 aromatic carbocycles. The first-order valence-corrected chi connectivity index (χ1v) is 11.3. The van der Waals surface area contributed by atoms with Gasteiger partial charge in [0.1, 0.15) is 6.04 Å². The number of carbonyl (C=O) groups excluding carboxylic acids is 5. The van der Waals surface area contributed by atoms with Crippen molar-refractivity contribution in [2.75, 3.05) is 26.1 Å². The molecular weight excluding hydrogens is 444 g/mol. The second-order valence-corrected chi connectivity index (χ2v) is 8.26. The summed E-state index contributed by atoms with van der Waals surface area (Å²) < 4.78 is 9.41. The molecule has 2 aliphatic rings. The van der Waals surface area contributed by atoms with E-state index >= 15 is 0 Å². The lowest BCUT2D eigenvalue weighted by Crippen LogP contribution is -2.69. The van der Waals surface area contributed by atoms with Crippen LogP contribution in [0.3, 0.4) is 0 Å². The number of esters is 2. The molecule has 0 radical (unpaired) electrons. The van der Waals surface area contributed by atoms with E-state index < -0.39 is 23.9 Å². The number of ether oxygens (including phenoxy) is 2. The molecule has 11 heteroatoms. The highest BCUT2D eigenvalue weighted by atomic mass is 16.5. The van der Waals surface area contributed by atoms with E-state index in [2.05, 4.69) is 16.0 Å². The molecule has 184 valence electrons. The fourth-order valence-corrected chi connectivity index (χ4v) is 4.53. The molecule has 4 amide bonds. The average molecular weight is 475 g/mol. The monoisotopic (exact) mass is 474 g/mol. The standard InChI is InChI=1S/C23H30N4O7/c1-4-24-23(32)27-17-8-6-5-7-16(17)26-20(29)18(27)12-19(28)25-15-10-13(21(30)33-2)9-14(11-15)22(31)34-3/h9-11,16-18H,4-8,12H2,1-3H3,(H,24,32)(H,25,28)(H,26,29)/t16-,17-,18-/m1/s1. The van der Waals surface area contributed by atoms with Crippen LogP contribution in [0.15, 0.2) is 18.2 Å². The zero-order valence-corrected chi connectivity index (χ0v) is 19.5. The first-order chi connectivity index (χ1) is 16.3. The Hall–Kier alpha value is -3.63. The molecule has 0 bridgehead atoms. The van der Waals surface area contributed by atoms with Crippen LogP contribution in [-0.4, -0.2) is 73.6 Å². The number of methoxy groups -OCH3 is 2. The molecule has 1 aliphatic heterocycles. The fraction of sp³-hybridized carbons (Fsp3) is 0.522. The molecule has 3 atom stereocenters. The first kappa shape index (κ1) is 25.0. The smallest absolute Gasteiger partial charge is 0.337 e. The van der Waals surface area contributed by atoms with Crippen LogP contribution >= 0.6 is 0 Å². The molecule has 1 aromatic rings. The number of rotatable bonds is 6. The maximum atomic E-state index is 12.9. The normalized spacial score (nSPS) is 21.6. The molecule has 1 saturated carbocycles. The first-order valence-electron chi connectivity index (χ1n) is 11.3. The number of urea groups is 1. The number of piperazine rings is 1. The Balaban J connectivity index is 1.83. The van der Waals surface area contributed by atoms with Gasteiger partial charge in [-0.25, -0.2) is 14.4 Å². The zero-order chi connectivity index (χ0) is 24.8. The third-order valence-electron chi connectivity index (χ3n) is 6.05. The molecule has 1 aliphatic carbocycles. The van der Waals surface area contributed by atoms with Crippen LogP contribution < -0.4 is 16.0 Å². The van der Waals surface area contributed by atoms with Gasteiger partial charge < -0.3 is 30.3 Å². The second kappa shape index (κ2) is 11.0. The topological polar surface area (TPSA) is 143 Å². The van der Waals surface area contributed by atoms with Crippen molar-refractivity contribution in [2.45, 2.75) is 57.2 Å². The molecule has 34 heavy (non-hydrogen) atoms. The number of hydrogen-bond donors (Lipinski definition) is 3. The summed E-state index contributed by atoms with van der Waals surface area (Å²) in [5.41, 5.74) is 0.250. The van der Waals surface area contributed by atoms with E-state index in [0.717, 1.165) is 25.7 Å². The molecule has 0 spiro atoms. The van der Waals surface area contributed by atoms with E-state index in [1.807, 2.05) is 0 Å². The fourth-order valence-electron chi connectivity index (χ4n) is 4.53. The van der Waals surface area contributed by atoms with Gasteiger partial charge in [0.25, 0.3) is 0 Å². The average Bonchev–Trinajstić information content (AvgIpc) is 2.83. The number of nitrogens with one attached hydrogen (secondary N) is 3. The van der Waals surface area contributed by atoms with Crippen molar-refractivity contribution < 1.29 is 33.4 Å². The van der Waals surface area contributed by atoms with Crippen LogP contribution in [0.2, 0.25) is 0 Å². The van der Waals surface area contributed by atoms with E-state index in [9.17, 15) is 24.0 Å². The number of anilines is 1. The Morgan fingerprint density at radius 1 is 1.03 bits per heavy atom. The van der Waals surface area contributed by atoms with Crippen molar-refractivity contribution in [2.24, 2.45) is 0 Å². The van der Waals surface area contributed by atoms with Crippen LogP contribution in [0.1, 0.15) is 59.7 Å². The van der Waals surface area contributed by atoms with Gasteiger partial charge in [0, 0.05) is 18.3 Å². The Morgan fingerprint density at radius 2 is 1.65 bits per heavy atom. The predicted octanol–water partition coefficient (Wildman–Crippen LogP) is 1.43. The summed E-state index contributed by atoms with van der Waals surface area (Å²) in [7, 11) is 2.39. The summed E-state index contributed by atoms with van der Waals surface area (Å²) in [6, 6.07) is 2.31. The molecule has 0 unspecified atom stereocenters. The van der Waals surface area contributed by atoms with E-state index in [-0.39, 0.29) is 47.3 Å². The van der Waals surface area contributed by atoms with Crippen LogP contribution in [0.5, 0.6) is 0 Å². The van der Waals surface area contributed by atoms with Crippen molar-refractivity contribution in [3.63, 3.8) is 0 Å². The van der Waals surface area contributed by atoms with Crippen LogP contribution in [-0.2, 0) is 19.1 Å². The largest absolute Gasteiger partial charge is 0.465 e. The minimum absolute atomic E-state index is 0.0464.